The molecule has 2 unspecified atom stereocenters. The Kier molecular flexibility index (Phi) is 5.27. The van der Waals surface area contributed by atoms with Crippen molar-refractivity contribution in [2.75, 3.05) is 17.7 Å². The van der Waals surface area contributed by atoms with Gasteiger partial charge in [0.15, 0.2) is 17.3 Å². The topological polar surface area (TPSA) is 70.6 Å². The van der Waals surface area contributed by atoms with Gasteiger partial charge in [0.25, 0.3) is 0 Å². The molecule has 3 N–H and O–H groups in total. The van der Waals surface area contributed by atoms with E-state index in [1.165, 1.54) is 7.11 Å². The average Bonchev–Trinajstić information content (AvgIpc) is 2.96. The summed E-state index contributed by atoms with van der Waals surface area (Å²) in [7, 11) is 1.51. The molecule has 2 aliphatic rings. The molecule has 1 aliphatic carbocycles. The van der Waals surface area contributed by atoms with Gasteiger partial charge in [0, 0.05) is 22.7 Å². The number of hydrogen-bond acceptors (Lipinski definition) is 5. The van der Waals surface area contributed by atoms with Gasteiger partial charge in [0.1, 0.15) is 0 Å². The molecule has 0 radical (unpaired) electrons. The minimum absolute atomic E-state index is 0.00251. The monoisotopic (exact) mass is 446 g/mol. The third-order valence-electron chi connectivity index (χ3n) is 6.19. The van der Waals surface area contributed by atoms with Crippen LogP contribution in [0, 0.1) is 0 Å². The Balaban J connectivity index is 1.63. The number of ketones is 1. The van der Waals surface area contributed by atoms with E-state index in [4.69, 9.17) is 16.3 Å². The Labute approximate surface area is 191 Å². The lowest BCUT2D eigenvalue weighted by Gasteiger charge is -2.30. The van der Waals surface area contributed by atoms with Gasteiger partial charge in [-0.15, -0.1) is 0 Å². The Hall–Kier alpha value is -3.44. The van der Waals surface area contributed by atoms with Crippen molar-refractivity contribution in [1.29, 1.82) is 0 Å². The van der Waals surface area contributed by atoms with E-state index in [0.29, 0.717) is 29.2 Å². The molecule has 0 fully saturated rings. The molecule has 3 aromatic carbocycles. The summed E-state index contributed by atoms with van der Waals surface area (Å²) in [5.41, 5.74) is 5.25. The highest BCUT2D eigenvalue weighted by atomic mass is 35.5. The molecule has 0 saturated heterocycles. The van der Waals surface area contributed by atoms with Crippen molar-refractivity contribution in [3.05, 3.63) is 94.1 Å². The highest BCUT2D eigenvalue weighted by Crippen LogP contribution is 2.46. The lowest BCUT2D eigenvalue weighted by atomic mass is 9.78. The smallest absolute Gasteiger partial charge is 0.163 e. The second kappa shape index (κ2) is 8.24. The summed E-state index contributed by atoms with van der Waals surface area (Å²) in [6, 6.07) is 20.5. The molecule has 5 rings (SSSR count). The fourth-order valence-corrected chi connectivity index (χ4v) is 4.93. The average molecular weight is 447 g/mol. The maximum atomic E-state index is 13.6. The molecule has 6 heteroatoms. The maximum Gasteiger partial charge on any atom is 0.163 e. The number of nitrogens with one attached hydrogen (secondary N) is 2. The molecule has 0 spiro atoms. The minimum Gasteiger partial charge on any atom is -0.504 e. The number of hydrogen-bond donors (Lipinski definition) is 3. The minimum atomic E-state index is -0.379. The number of halogens is 1. The zero-order chi connectivity index (χ0) is 22.2. The van der Waals surface area contributed by atoms with Crippen LogP contribution in [0.4, 0.5) is 11.4 Å². The second-order valence-electron chi connectivity index (χ2n) is 8.12. The largest absolute Gasteiger partial charge is 0.504 e. The first-order valence-corrected chi connectivity index (χ1v) is 10.9. The summed E-state index contributed by atoms with van der Waals surface area (Å²) < 4.78 is 5.32. The number of benzene rings is 3. The standard InChI is InChI=1S/C26H23ClN2O3/c1-32-24-14-15(10-11-22(24)30)26-25-21(28-19-8-4-5-9-20(19)29-26)12-16(13-23(25)31)17-6-2-3-7-18(17)27/h2-11,14,16,26,28-30H,12-13H2,1H3. The fourth-order valence-electron chi connectivity index (χ4n) is 4.64. The summed E-state index contributed by atoms with van der Waals surface area (Å²) in [6.07, 6.45) is 1.06. The molecule has 3 aromatic rings. The molecule has 162 valence electrons. The molecule has 0 amide bonds. The number of Topliss-reactive ketones (excluding diaryl/α,β-unsaturated/α-hetero) is 1. The van der Waals surface area contributed by atoms with Crippen molar-refractivity contribution in [3.63, 3.8) is 0 Å². The Bertz CT molecular complexity index is 1240. The van der Waals surface area contributed by atoms with E-state index in [0.717, 1.165) is 28.2 Å². The van der Waals surface area contributed by atoms with Gasteiger partial charge in [0.05, 0.1) is 24.5 Å². The van der Waals surface area contributed by atoms with Crippen LogP contribution in [-0.4, -0.2) is 18.0 Å². The van der Waals surface area contributed by atoms with Crippen molar-refractivity contribution in [1.82, 2.24) is 0 Å². The second-order valence-corrected chi connectivity index (χ2v) is 8.53. The zero-order valence-corrected chi connectivity index (χ0v) is 18.3. The van der Waals surface area contributed by atoms with E-state index in [2.05, 4.69) is 10.6 Å². The van der Waals surface area contributed by atoms with Crippen molar-refractivity contribution < 1.29 is 14.6 Å². The number of phenols is 1. The molecular formula is C26H23ClN2O3. The summed E-state index contributed by atoms with van der Waals surface area (Å²) in [5, 5.41) is 17.8. The molecule has 0 bridgehead atoms. The van der Waals surface area contributed by atoms with Crippen molar-refractivity contribution in [2.24, 2.45) is 0 Å². The zero-order valence-electron chi connectivity index (χ0n) is 17.6. The molecule has 0 saturated carbocycles. The number of anilines is 2. The third-order valence-corrected chi connectivity index (χ3v) is 6.54. The van der Waals surface area contributed by atoms with Gasteiger partial charge in [-0.25, -0.2) is 0 Å². The van der Waals surface area contributed by atoms with Gasteiger partial charge in [-0.05, 0) is 53.8 Å². The van der Waals surface area contributed by atoms with Gasteiger partial charge >= 0.3 is 0 Å². The molecule has 5 nitrogen and oxygen atoms in total. The molecule has 0 aromatic heterocycles. The quantitative estimate of drug-likeness (QED) is 0.458. The summed E-state index contributed by atoms with van der Waals surface area (Å²) in [5.74, 6) is 0.504. The lowest BCUT2D eigenvalue weighted by Crippen LogP contribution is -2.27. The summed E-state index contributed by atoms with van der Waals surface area (Å²) >= 11 is 6.47. The number of phenolic OH excluding ortho intramolecular Hbond substituents is 1. The van der Waals surface area contributed by atoms with Crippen LogP contribution in [0.5, 0.6) is 11.5 Å². The van der Waals surface area contributed by atoms with Crippen LogP contribution in [-0.2, 0) is 4.79 Å². The molecule has 2 atom stereocenters. The molecule has 32 heavy (non-hydrogen) atoms. The predicted octanol–water partition coefficient (Wildman–Crippen LogP) is 6.03. The van der Waals surface area contributed by atoms with Gasteiger partial charge in [-0.2, -0.15) is 0 Å². The first-order chi connectivity index (χ1) is 15.5. The van der Waals surface area contributed by atoms with E-state index < -0.39 is 0 Å². The lowest BCUT2D eigenvalue weighted by molar-refractivity contribution is -0.116. The number of aromatic hydroxyl groups is 1. The van der Waals surface area contributed by atoms with Crippen LogP contribution in [0.15, 0.2) is 78.0 Å². The Morgan fingerprint density at radius 1 is 1.00 bits per heavy atom. The van der Waals surface area contributed by atoms with Gasteiger partial charge in [0.2, 0.25) is 0 Å². The van der Waals surface area contributed by atoms with E-state index in [1.807, 2.05) is 54.6 Å². The summed E-state index contributed by atoms with van der Waals surface area (Å²) in [4.78, 5) is 13.6. The van der Waals surface area contributed by atoms with Crippen molar-refractivity contribution >= 4 is 28.8 Å². The number of para-hydroxylation sites is 2. The fraction of sp³-hybridized carbons (Fsp3) is 0.192. The summed E-state index contributed by atoms with van der Waals surface area (Å²) in [6.45, 7) is 0. The third kappa shape index (κ3) is 3.59. The maximum absolute atomic E-state index is 13.6. The van der Waals surface area contributed by atoms with Crippen LogP contribution < -0.4 is 15.4 Å². The SMILES string of the molecule is COc1cc(C2Nc3ccccc3NC3=C2C(=O)CC(c2ccccc2Cl)C3)ccc1O. The number of methoxy groups -OCH3 is 1. The Morgan fingerprint density at radius 3 is 2.53 bits per heavy atom. The predicted molar refractivity (Wildman–Crippen MR) is 127 cm³/mol. The van der Waals surface area contributed by atoms with Crippen LogP contribution in [0.25, 0.3) is 0 Å². The molecular weight excluding hydrogens is 424 g/mol. The number of carbonyl (C=O) groups excluding carboxylic acids is 1. The molecule has 1 heterocycles. The van der Waals surface area contributed by atoms with Gasteiger partial charge in [-0.3, -0.25) is 4.79 Å². The van der Waals surface area contributed by atoms with E-state index in [1.54, 1.807) is 12.1 Å². The number of carbonyl (C=O) groups is 1. The van der Waals surface area contributed by atoms with Crippen LogP contribution in [0.3, 0.4) is 0 Å². The number of fused-ring (bicyclic) bond motifs is 1. The highest BCUT2D eigenvalue weighted by Gasteiger charge is 2.36. The van der Waals surface area contributed by atoms with Crippen molar-refractivity contribution in [2.45, 2.75) is 24.8 Å². The van der Waals surface area contributed by atoms with Crippen LogP contribution in [0.2, 0.25) is 5.02 Å². The van der Waals surface area contributed by atoms with Gasteiger partial charge in [-0.1, -0.05) is 48.0 Å². The van der Waals surface area contributed by atoms with Crippen molar-refractivity contribution in [3.8, 4) is 11.5 Å². The molecule has 1 aliphatic heterocycles. The first-order valence-electron chi connectivity index (χ1n) is 10.6. The van der Waals surface area contributed by atoms with Crippen LogP contribution >= 0.6 is 11.6 Å². The van der Waals surface area contributed by atoms with Crippen LogP contribution in [0.1, 0.15) is 35.9 Å². The van der Waals surface area contributed by atoms with Gasteiger partial charge < -0.3 is 20.5 Å². The highest BCUT2D eigenvalue weighted by molar-refractivity contribution is 6.31. The number of allylic oxidation sites excluding steroid dienone is 1. The van der Waals surface area contributed by atoms with E-state index in [-0.39, 0.29) is 23.5 Å². The van der Waals surface area contributed by atoms with E-state index in [9.17, 15) is 9.90 Å². The normalized spacial score (nSPS) is 19.9. The number of rotatable bonds is 3. The number of ether oxygens (including phenoxy) is 1. The Morgan fingerprint density at radius 2 is 1.75 bits per heavy atom. The first kappa shape index (κ1) is 20.5. The van der Waals surface area contributed by atoms with E-state index >= 15 is 0 Å².